The highest BCUT2D eigenvalue weighted by atomic mass is 32.2. The molecule has 0 saturated heterocycles. The molecule has 5 nitrogen and oxygen atoms in total. The van der Waals surface area contributed by atoms with Crippen molar-refractivity contribution < 1.29 is 14.3 Å². The summed E-state index contributed by atoms with van der Waals surface area (Å²) in [6.07, 6.45) is 0.524. The number of carbonyl (C=O) groups is 1. The van der Waals surface area contributed by atoms with E-state index < -0.39 is 5.97 Å². The van der Waals surface area contributed by atoms with E-state index in [4.69, 9.17) is 9.52 Å². The number of nitrogens with zero attached hydrogens (tertiary/aromatic N) is 2. The van der Waals surface area contributed by atoms with Gasteiger partial charge in [-0.05, 0) is 70.8 Å². The van der Waals surface area contributed by atoms with Gasteiger partial charge in [-0.2, -0.15) is 5.10 Å². The van der Waals surface area contributed by atoms with E-state index in [1.54, 1.807) is 0 Å². The molecule has 1 aliphatic rings. The van der Waals surface area contributed by atoms with E-state index in [9.17, 15) is 4.79 Å². The molecule has 1 aromatic heterocycles. The van der Waals surface area contributed by atoms with Gasteiger partial charge in [-0.25, -0.2) is 0 Å². The molecule has 158 valence electrons. The molecule has 0 unspecified atom stereocenters. The number of carboxylic acid groups (broad SMARTS) is 1. The Bertz CT molecular complexity index is 1400. The van der Waals surface area contributed by atoms with E-state index in [0.717, 1.165) is 39.5 Å². The summed E-state index contributed by atoms with van der Waals surface area (Å²) in [5.74, 6) is 0.772. The summed E-state index contributed by atoms with van der Waals surface area (Å²) in [7, 11) is 0. The van der Waals surface area contributed by atoms with E-state index in [2.05, 4.69) is 58.7 Å². The molecule has 0 amide bonds. The molecular formula is C26H20N2O3S. The fraction of sp³-hybridized carbons (Fsp3) is 0.115. The molecule has 0 spiro atoms. The van der Waals surface area contributed by atoms with Crippen LogP contribution in [0.4, 0.5) is 0 Å². The number of aryl methyl sites for hydroxylation is 1. The van der Waals surface area contributed by atoms with Crippen molar-refractivity contribution in [2.75, 3.05) is 5.75 Å². The van der Waals surface area contributed by atoms with Gasteiger partial charge in [-0.3, -0.25) is 4.79 Å². The highest BCUT2D eigenvalue weighted by Gasteiger charge is 2.18. The lowest BCUT2D eigenvalue weighted by Gasteiger charge is -2.10. The van der Waals surface area contributed by atoms with Gasteiger partial charge in [0.2, 0.25) is 0 Å². The number of carboxylic acids is 1. The molecule has 1 N–H and O–H groups in total. The minimum absolute atomic E-state index is 0.0182. The number of hydrogen-bond acceptors (Lipinski definition) is 5. The largest absolute Gasteiger partial charge is 0.481 e. The fourth-order valence-corrected chi connectivity index (χ4v) is 4.40. The van der Waals surface area contributed by atoms with E-state index >= 15 is 0 Å². The number of fused-ring (bicyclic) bond motifs is 1. The molecule has 0 bridgehead atoms. The van der Waals surface area contributed by atoms with Crippen LogP contribution < -0.4 is 0 Å². The smallest absolute Gasteiger partial charge is 0.313 e. The van der Waals surface area contributed by atoms with Crippen LogP contribution in [0.3, 0.4) is 0 Å². The molecule has 0 saturated carbocycles. The molecular weight excluding hydrogens is 420 g/mol. The van der Waals surface area contributed by atoms with Gasteiger partial charge in [-0.1, -0.05) is 48.2 Å². The third-order valence-corrected chi connectivity index (χ3v) is 6.29. The first-order chi connectivity index (χ1) is 15.5. The lowest BCUT2D eigenvalue weighted by Crippen LogP contribution is -2.05. The summed E-state index contributed by atoms with van der Waals surface area (Å²) in [5, 5.41) is 20.6. The number of hydrogen-bond donors (Lipinski definition) is 1. The Morgan fingerprint density at radius 3 is 2.47 bits per heavy atom. The Balaban J connectivity index is 1.54. The predicted octanol–water partition coefficient (Wildman–Crippen LogP) is 6.40. The van der Waals surface area contributed by atoms with E-state index in [1.807, 2.05) is 31.2 Å². The van der Waals surface area contributed by atoms with Crippen LogP contribution in [0.5, 0.6) is 0 Å². The summed E-state index contributed by atoms with van der Waals surface area (Å²) in [6.45, 7) is 1.93. The molecule has 3 aromatic carbocycles. The highest BCUT2D eigenvalue weighted by Crippen LogP contribution is 2.32. The van der Waals surface area contributed by atoms with Gasteiger partial charge in [0.05, 0.1) is 11.5 Å². The predicted molar refractivity (Wildman–Crippen MR) is 131 cm³/mol. The van der Waals surface area contributed by atoms with Crippen LogP contribution >= 0.6 is 11.8 Å². The summed E-state index contributed by atoms with van der Waals surface area (Å²) >= 11 is 1.21. The topological polar surface area (TPSA) is 75.2 Å². The maximum absolute atomic E-state index is 10.9. The highest BCUT2D eigenvalue weighted by molar-refractivity contribution is 8.14. The molecule has 4 aromatic rings. The second-order valence-electron chi connectivity index (χ2n) is 7.67. The molecule has 1 aliphatic heterocycles. The minimum Gasteiger partial charge on any atom is -0.481 e. The van der Waals surface area contributed by atoms with E-state index in [0.29, 0.717) is 11.5 Å². The van der Waals surface area contributed by atoms with Crippen molar-refractivity contribution in [2.24, 2.45) is 10.2 Å². The van der Waals surface area contributed by atoms with Gasteiger partial charge in [0.25, 0.3) is 0 Å². The first-order valence-corrected chi connectivity index (χ1v) is 11.2. The van der Waals surface area contributed by atoms with Crippen LogP contribution in [0.1, 0.15) is 17.7 Å². The van der Waals surface area contributed by atoms with Gasteiger partial charge in [0.15, 0.2) is 0 Å². The van der Waals surface area contributed by atoms with Crippen molar-refractivity contribution in [1.82, 2.24) is 0 Å². The first-order valence-electron chi connectivity index (χ1n) is 10.2. The van der Waals surface area contributed by atoms with Gasteiger partial charge in [-0.15, -0.1) is 5.10 Å². The van der Waals surface area contributed by atoms with Gasteiger partial charge in [0, 0.05) is 12.0 Å². The number of benzene rings is 3. The zero-order valence-electron chi connectivity index (χ0n) is 17.4. The maximum atomic E-state index is 10.9. The number of rotatable bonds is 5. The zero-order valence-corrected chi connectivity index (χ0v) is 18.2. The van der Waals surface area contributed by atoms with E-state index in [-0.39, 0.29) is 5.75 Å². The van der Waals surface area contributed by atoms with Crippen LogP contribution in [-0.2, 0) is 4.79 Å². The first kappa shape index (κ1) is 20.3. The Labute approximate surface area is 189 Å². The monoisotopic (exact) mass is 440 g/mol. The lowest BCUT2D eigenvalue weighted by molar-refractivity contribution is -0.133. The average molecular weight is 441 g/mol. The van der Waals surface area contributed by atoms with Crippen molar-refractivity contribution in [3.8, 4) is 22.5 Å². The fourth-order valence-electron chi connectivity index (χ4n) is 3.78. The molecule has 6 heteroatoms. The number of furan rings is 1. The SMILES string of the molecule is Cc1ccc(-c2cc(C3=NN=C(SCC(=O)O)C3)cc(-c3ccc4ccccc4c3)c2)o1. The number of thioether (sulfide) groups is 1. The van der Waals surface area contributed by atoms with Gasteiger partial charge in [0.1, 0.15) is 16.6 Å². The molecule has 0 atom stereocenters. The average Bonchev–Trinajstić information content (AvgIpc) is 3.46. The van der Waals surface area contributed by atoms with E-state index in [1.165, 1.54) is 22.5 Å². The van der Waals surface area contributed by atoms with Crippen LogP contribution in [0.2, 0.25) is 0 Å². The van der Waals surface area contributed by atoms with Crippen LogP contribution in [0.25, 0.3) is 33.2 Å². The Hall–Kier alpha value is -3.64. The molecule has 32 heavy (non-hydrogen) atoms. The minimum atomic E-state index is -0.861. The molecule has 0 radical (unpaired) electrons. The van der Waals surface area contributed by atoms with Crippen molar-refractivity contribution in [3.05, 3.63) is 84.1 Å². The molecule has 0 aliphatic carbocycles. The maximum Gasteiger partial charge on any atom is 0.313 e. The van der Waals surface area contributed by atoms with Gasteiger partial charge < -0.3 is 9.52 Å². The van der Waals surface area contributed by atoms with Crippen LogP contribution in [-0.4, -0.2) is 27.6 Å². The summed E-state index contributed by atoms with van der Waals surface area (Å²) in [5.41, 5.74) is 4.91. The zero-order chi connectivity index (χ0) is 22.1. The third-order valence-electron chi connectivity index (χ3n) is 5.34. The molecule has 5 rings (SSSR count). The second-order valence-corrected chi connectivity index (χ2v) is 8.72. The van der Waals surface area contributed by atoms with Crippen molar-refractivity contribution in [3.63, 3.8) is 0 Å². The van der Waals surface area contributed by atoms with Crippen LogP contribution in [0.15, 0.2) is 87.4 Å². The molecule has 2 heterocycles. The Kier molecular flexibility index (Phi) is 5.37. The quantitative estimate of drug-likeness (QED) is 0.390. The van der Waals surface area contributed by atoms with Gasteiger partial charge >= 0.3 is 5.97 Å². The standard InChI is InChI=1S/C26H20N2O3S/c1-16-6-9-24(31-16)22-12-20(19-8-7-17-4-2-3-5-18(17)10-19)11-21(13-22)23-14-25(28-27-23)32-15-26(29)30/h2-13H,14-15H2,1H3,(H,29,30). The second kappa shape index (κ2) is 8.48. The summed E-state index contributed by atoms with van der Waals surface area (Å²) in [4.78, 5) is 10.9. The Morgan fingerprint density at radius 2 is 1.69 bits per heavy atom. The molecule has 0 fully saturated rings. The lowest BCUT2D eigenvalue weighted by atomic mass is 9.95. The van der Waals surface area contributed by atoms with Crippen molar-refractivity contribution in [1.29, 1.82) is 0 Å². The summed E-state index contributed by atoms with van der Waals surface area (Å²) in [6, 6.07) is 25.0. The van der Waals surface area contributed by atoms with Crippen LogP contribution in [0, 0.1) is 6.92 Å². The summed E-state index contributed by atoms with van der Waals surface area (Å²) < 4.78 is 5.90. The van der Waals surface area contributed by atoms with Crippen molar-refractivity contribution in [2.45, 2.75) is 13.3 Å². The Morgan fingerprint density at radius 1 is 0.906 bits per heavy atom. The van der Waals surface area contributed by atoms with Crippen molar-refractivity contribution >= 4 is 39.3 Å². The number of aliphatic carboxylic acids is 1. The third kappa shape index (κ3) is 4.22. The normalized spacial score (nSPS) is 13.3.